The van der Waals surface area contributed by atoms with Gasteiger partial charge in [-0.15, -0.1) is 0 Å². The van der Waals surface area contributed by atoms with Crippen LogP contribution >= 0.6 is 0 Å². The Labute approximate surface area is 135 Å². The Bertz CT molecular complexity index is 615. The molecule has 0 fully saturated rings. The lowest BCUT2D eigenvalue weighted by atomic mass is 9.96. The molecule has 0 N–H and O–H groups in total. The van der Waals surface area contributed by atoms with Gasteiger partial charge in [-0.25, -0.2) is 4.57 Å². The number of fused-ring (bicyclic) bond motifs is 3. The smallest absolute Gasteiger partial charge is 0.184 e. The van der Waals surface area contributed by atoms with E-state index in [1.165, 1.54) is 81.4 Å². The Balaban J connectivity index is 1.94. The van der Waals surface area contributed by atoms with E-state index >= 15 is 0 Å². The molecule has 118 valence electrons. The van der Waals surface area contributed by atoms with Crippen LogP contribution in [0.3, 0.4) is 0 Å². The van der Waals surface area contributed by atoms with Crippen LogP contribution in [0, 0.1) is 0 Å². The van der Waals surface area contributed by atoms with Crippen LogP contribution in [-0.2, 0) is 19.9 Å². The van der Waals surface area contributed by atoms with Gasteiger partial charge in [-0.05, 0) is 30.7 Å². The summed E-state index contributed by atoms with van der Waals surface area (Å²) in [5.41, 5.74) is 3.21. The molecule has 3 rings (SSSR count). The molecule has 0 atom stereocenters. The molecular formula is C21H30N+. The summed E-state index contributed by atoms with van der Waals surface area (Å²) < 4.78 is 2.40. The zero-order valence-electron chi connectivity index (χ0n) is 14.1. The molecular weight excluding hydrogens is 266 g/mol. The summed E-state index contributed by atoms with van der Waals surface area (Å²) in [4.78, 5) is 0. The first kappa shape index (κ1) is 15.5. The van der Waals surface area contributed by atoms with E-state index in [9.17, 15) is 0 Å². The number of rotatable bonds is 0. The molecule has 0 spiro atoms. The normalized spacial score (nSPS) is 18.0. The van der Waals surface area contributed by atoms with Crippen molar-refractivity contribution in [1.29, 1.82) is 0 Å². The summed E-state index contributed by atoms with van der Waals surface area (Å²) in [5, 5.41) is 2.89. The molecule has 0 saturated carbocycles. The first-order chi connectivity index (χ1) is 10.9. The van der Waals surface area contributed by atoms with E-state index in [-0.39, 0.29) is 0 Å². The Kier molecular flexibility index (Phi) is 5.48. The van der Waals surface area contributed by atoms with E-state index in [1.54, 1.807) is 11.3 Å². The first-order valence-corrected chi connectivity index (χ1v) is 9.25. The van der Waals surface area contributed by atoms with Gasteiger partial charge in [0.2, 0.25) is 0 Å². The highest BCUT2D eigenvalue weighted by atomic mass is 14.9. The Hall–Kier alpha value is -1.37. The molecule has 0 bridgehead atoms. The van der Waals surface area contributed by atoms with Crippen molar-refractivity contribution in [2.75, 3.05) is 0 Å². The number of benzene rings is 1. The summed E-state index contributed by atoms with van der Waals surface area (Å²) in [6.07, 6.45) is 17.5. The van der Waals surface area contributed by atoms with Crippen LogP contribution in [0.4, 0.5) is 0 Å². The molecule has 22 heavy (non-hydrogen) atoms. The van der Waals surface area contributed by atoms with Crippen LogP contribution in [-0.4, -0.2) is 0 Å². The summed E-state index contributed by atoms with van der Waals surface area (Å²) >= 11 is 0. The van der Waals surface area contributed by atoms with Crippen LogP contribution in [0.2, 0.25) is 0 Å². The second-order valence-electron chi connectivity index (χ2n) is 6.93. The molecule has 0 unspecified atom stereocenters. The Morgan fingerprint density at radius 3 is 2.05 bits per heavy atom. The lowest BCUT2D eigenvalue weighted by molar-refractivity contribution is -0.678. The molecule has 1 aliphatic carbocycles. The van der Waals surface area contributed by atoms with Crippen LogP contribution in [0.25, 0.3) is 10.8 Å². The van der Waals surface area contributed by atoms with Gasteiger partial charge < -0.3 is 0 Å². The molecule has 0 aliphatic heterocycles. The monoisotopic (exact) mass is 296 g/mol. The van der Waals surface area contributed by atoms with Gasteiger partial charge in [0.15, 0.2) is 11.9 Å². The van der Waals surface area contributed by atoms with E-state index in [0.29, 0.717) is 0 Å². The second-order valence-corrected chi connectivity index (χ2v) is 6.93. The molecule has 1 nitrogen and oxygen atoms in total. The third-order valence-corrected chi connectivity index (χ3v) is 5.23. The van der Waals surface area contributed by atoms with Crippen molar-refractivity contribution in [1.82, 2.24) is 0 Å². The van der Waals surface area contributed by atoms with E-state index < -0.39 is 0 Å². The molecule has 0 radical (unpaired) electrons. The summed E-state index contributed by atoms with van der Waals surface area (Å²) in [5.74, 6) is 0. The van der Waals surface area contributed by atoms with Crippen LogP contribution < -0.4 is 4.57 Å². The lowest BCUT2D eigenvalue weighted by Gasteiger charge is -2.11. The maximum Gasteiger partial charge on any atom is 0.184 e. The predicted molar refractivity (Wildman–Crippen MR) is 94.1 cm³/mol. The Morgan fingerprint density at radius 2 is 1.32 bits per heavy atom. The van der Waals surface area contributed by atoms with E-state index in [4.69, 9.17) is 0 Å². The predicted octanol–water partition coefficient (Wildman–Crippen LogP) is 5.27. The van der Waals surface area contributed by atoms with Crippen molar-refractivity contribution in [3.8, 4) is 0 Å². The summed E-state index contributed by atoms with van der Waals surface area (Å²) in [7, 11) is 2.24. The van der Waals surface area contributed by atoms with Gasteiger partial charge in [-0.1, -0.05) is 63.1 Å². The average Bonchev–Trinajstić information content (AvgIpc) is 2.55. The summed E-state index contributed by atoms with van der Waals surface area (Å²) in [6.45, 7) is 0. The largest absolute Gasteiger partial charge is 0.204 e. The number of hydrogen-bond donors (Lipinski definition) is 0. The third kappa shape index (κ3) is 3.69. The number of aryl methyl sites for hydroxylation is 2. The minimum atomic E-state index is 1.25. The molecule has 0 saturated heterocycles. The highest BCUT2D eigenvalue weighted by molar-refractivity contribution is 5.84. The minimum absolute atomic E-state index is 1.25. The fourth-order valence-electron chi connectivity index (χ4n) is 3.98. The molecule has 1 heterocycles. The van der Waals surface area contributed by atoms with Gasteiger partial charge >= 0.3 is 0 Å². The molecule has 1 aromatic heterocycles. The van der Waals surface area contributed by atoms with Crippen LogP contribution in [0.1, 0.15) is 69.0 Å². The number of nitrogens with zero attached hydrogens (tertiary/aromatic N) is 1. The van der Waals surface area contributed by atoms with Crippen LogP contribution in [0.15, 0.2) is 30.5 Å². The topological polar surface area (TPSA) is 3.88 Å². The second kappa shape index (κ2) is 7.76. The van der Waals surface area contributed by atoms with Crippen LogP contribution in [0.5, 0.6) is 0 Å². The van der Waals surface area contributed by atoms with Gasteiger partial charge in [0, 0.05) is 17.4 Å². The van der Waals surface area contributed by atoms with Crippen molar-refractivity contribution >= 4 is 10.8 Å². The van der Waals surface area contributed by atoms with Gasteiger partial charge in [0.05, 0.1) is 0 Å². The van der Waals surface area contributed by atoms with Gasteiger partial charge in [-0.2, -0.15) is 0 Å². The molecule has 2 aromatic rings. The molecule has 1 aromatic carbocycles. The maximum absolute atomic E-state index is 2.40. The zero-order valence-corrected chi connectivity index (χ0v) is 14.1. The third-order valence-electron chi connectivity index (χ3n) is 5.23. The highest BCUT2D eigenvalue weighted by Crippen LogP contribution is 2.24. The van der Waals surface area contributed by atoms with E-state index in [1.807, 2.05) is 0 Å². The fraction of sp³-hybridized carbons (Fsp3) is 0.571. The number of aromatic nitrogens is 1. The van der Waals surface area contributed by atoms with Crippen molar-refractivity contribution in [2.24, 2.45) is 7.05 Å². The zero-order chi connectivity index (χ0) is 15.2. The average molecular weight is 296 g/mol. The maximum atomic E-state index is 2.40. The lowest BCUT2D eigenvalue weighted by Crippen LogP contribution is -2.35. The molecule has 1 aliphatic rings. The van der Waals surface area contributed by atoms with E-state index in [0.717, 1.165) is 0 Å². The van der Waals surface area contributed by atoms with Gasteiger partial charge in [0.25, 0.3) is 0 Å². The van der Waals surface area contributed by atoms with Gasteiger partial charge in [-0.3, -0.25) is 0 Å². The molecule has 1 heteroatoms. The first-order valence-electron chi connectivity index (χ1n) is 9.25. The van der Waals surface area contributed by atoms with Crippen molar-refractivity contribution in [3.05, 3.63) is 41.7 Å². The standard InChI is InChI=1S/C21H30N/c1-22-17-18-13-11-12-14-19(18)20-15-9-7-5-3-2-4-6-8-10-16-21(20)22/h11-14,17H,2-10,15-16H2,1H3/q+1. The quantitative estimate of drug-likeness (QED) is 0.583. The number of hydrogen-bond acceptors (Lipinski definition) is 0. The Morgan fingerprint density at radius 1 is 0.727 bits per heavy atom. The SMILES string of the molecule is C[n+]1cc2ccccc2c2c1CCCCCCCCCCC2. The van der Waals surface area contributed by atoms with Crippen molar-refractivity contribution < 1.29 is 4.57 Å². The van der Waals surface area contributed by atoms with E-state index in [2.05, 4.69) is 42.1 Å². The molecule has 0 amide bonds. The minimum Gasteiger partial charge on any atom is -0.204 e. The highest BCUT2D eigenvalue weighted by Gasteiger charge is 2.17. The van der Waals surface area contributed by atoms with Crippen molar-refractivity contribution in [3.63, 3.8) is 0 Å². The van der Waals surface area contributed by atoms with Crippen molar-refractivity contribution in [2.45, 2.75) is 70.6 Å². The summed E-state index contributed by atoms with van der Waals surface area (Å²) in [6, 6.07) is 8.95. The fourth-order valence-corrected chi connectivity index (χ4v) is 3.98. The number of pyridine rings is 1. The van der Waals surface area contributed by atoms with Gasteiger partial charge in [0.1, 0.15) is 7.05 Å².